The lowest BCUT2D eigenvalue weighted by molar-refractivity contribution is -0.107. The molecule has 2 aromatic carbocycles. The monoisotopic (exact) mass is 517 g/mol. The number of aldehydes is 1. The van der Waals surface area contributed by atoms with Gasteiger partial charge in [-0.3, -0.25) is 14.9 Å². The van der Waals surface area contributed by atoms with E-state index in [4.69, 9.17) is 9.47 Å². The summed E-state index contributed by atoms with van der Waals surface area (Å²) >= 11 is 1.06. The number of ether oxygens (including phenoxy) is 2. The second-order valence-electron chi connectivity index (χ2n) is 7.57. The SMILES string of the molecule is CC(C)Oc1cc(Oc2ccc(S(C)(=O)=O)cc2)cc(C(=O)Nc2nc(C(=O)NCC=O)cs2)c1. The molecule has 35 heavy (non-hydrogen) atoms. The van der Waals surface area contributed by atoms with E-state index in [1.807, 2.05) is 13.8 Å². The second-order valence-corrected chi connectivity index (χ2v) is 10.4. The number of aromatic nitrogens is 1. The smallest absolute Gasteiger partial charge is 0.271 e. The van der Waals surface area contributed by atoms with E-state index in [1.54, 1.807) is 12.1 Å². The van der Waals surface area contributed by atoms with Crippen LogP contribution in [0.25, 0.3) is 0 Å². The van der Waals surface area contributed by atoms with Gasteiger partial charge in [-0.25, -0.2) is 13.4 Å². The number of carbonyl (C=O) groups is 3. The summed E-state index contributed by atoms with van der Waals surface area (Å²) in [5.41, 5.74) is 0.290. The molecule has 3 aromatic rings. The van der Waals surface area contributed by atoms with Gasteiger partial charge >= 0.3 is 0 Å². The average Bonchev–Trinajstić information content (AvgIpc) is 3.25. The Kier molecular flexibility index (Phi) is 8.20. The highest BCUT2D eigenvalue weighted by molar-refractivity contribution is 7.90. The normalized spacial score (nSPS) is 11.1. The molecule has 2 N–H and O–H groups in total. The first kappa shape index (κ1) is 25.8. The van der Waals surface area contributed by atoms with Crippen LogP contribution >= 0.6 is 11.3 Å². The van der Waals surface area contributed by atoms with Crippen molar-refractivity contribution in [2.75, 3.05) is 18.1 Å². The van der Waals surface area contributed by atoms with Crippen molar-refractivity contribution in [3.8, 4) is 17.2 Å². The van der Waals surface area contributed by atoms with Crippen LogP contribution in [-0.4, -0.2) is 50.4 Å². The minimum Gasteiger partial charge on any atom is -0.491 e. The van der Waals surface area contributed by atoms with E-state index in [9.17, 15) is 22.8 Å². The van der Waals surface area contributed by atoms with Gasteiger partial charge in [0, 0.05) is 23.3 Å². The lowest BCUT2D eigenvalue weighted by Gasteiger charge is -2.14. The highest BCUT2D eigenvalue weighted by Gasteiger charge is 2.16. The van der Waals surface area contributed by atoms with Crippen LogP contribution in [-0.2, 0) is 14.6 Å². The maximum atomic E-state index is 12.9. The van der Waals surface area contributed by atoms with Crippen molar-refractivity contribution in [1.29, 1.82) is 0 Å². The Morgan fingerprint density at radius 1 is 1.06 bits per heavy atom. The molecule has 0 bridgehead atoms. The Hall–Kier alpha value is -3.77. The molecular formula is C23H23N3O7S2. The number of amides is 2. The molecule has 12 heteroatoms. The van der Waals surface area contributed by atoms with Crippen LogP contribution in [0.2, 0.25) is 0 Å². The van der Waals surface area contributed by atoms with Crippen LogP contribution in [0.15, 0.2) is 52.7 Å². The van der Waals surface area contributed by atoms with Gasteiger partial charge in [0.15, 0.2) is 15.0 Å². The molecule has 3 rings (SSSR count). The molecule has 0 saturated heterocycles. The number of thiazole rings is 1. The summed E-state index contributed by atoms with van der Waals surface area (Å²) in [6.07, 6.45) is 1.50. The Morgan fingerprint density at radius 3 is 2.37 bits per heavy atom. The molecule has 0 fully saturated rings. The number of hydrogen-bond acceptors (Lipinski definition) is 9. The lowest BCUT2D eigenvalue weighted by Crippen LogP contribution is -2.25. The van der Waals surface area contributed by atoms with Crippen molar-refractivity contribution in [3.05, 3.63) is 59.1 Å². The summed E-state index contributed by atoms with van der Waals surface area (Å²) in [6.45, 7) is 3.54. The van der Waals surface area contributed by atoms with Crippen molar-refractivity contribution in [1.82, 2.24) is 10.3 Å². The van der Waals surface area contributed by atoms with Crippen LogP contribution in [0.4, 0.5) is 5.13 Å². The molecule has 0 aliphatic carbocycles. The molecule has 2 amide bonds. The van der Waals surface area contributed by atoms with E-state index >= 15 is 0 Å². The fourth-order valence-corrected chi connectivity index (χ4v) is 4.14. The van der Waals surface area contributed by atoms with Crippen LogP contribution in [0.1, 0.15) is 34.7 Å². The van der Waals surface area contributed by atoms with E-state index in [-0.39, 0.29) is 33.9 Å². The molecule has 0 aliphatic rings. The fraction of sp³-hybridized carbons (Fsp3) is 0.217. The summed E-state index contributed by atoms with van der Waals surface area (Å²) in [5, 5.41) is 6.66. The van der Waals surface area contributed by atoms with Gasteiger partial charge < -0.3 is 19.6 Å². The molecule has 1 aromatic heterocycles. The zero-order valence-corrected chi connectivity index (χ0v) is 20.7. The third kappa shape index (κ3) is 7.36. The molecule has 0 atom stereocenters. The fourth-order valence-electron chi connectivity index (χ4n) is 2.82. The molecule has 0 spiro atoms. The first-order chi connectivity index (χ1) is 16.5. The van der Waals surface area contributed by atoms with E-state index in [1.165, 1.54) is 35.7 Å². The first-order valence-electron chi connectivity index (χ1n) is 10.3. The zero-order valence-electron chi connectivity index (χ0n) is 19.1. The summed E-state index contributed by atoms with van der Waals surface area (Å²) in [5.74, 6) is 0.0257. The molecule has 0 saturated carbocycles. The standard InChI is InChI=1S/C23H23N3O7S2/c1-14(2)32-17-10-15(21(28)26-23-25-20(13-34-23)22(29)24-8-9-27)11-18(12-17)33-16-4-6-19(7-5-16)35(3,30)31/h4-7,9-14H,8H2,1-3H3,(H,24,29)(H,25,26,28). The van der Waals surface area contributed by atoms with Gasteiger partial charge in [-0.2, -0.15) is 0 Å². The number of benzene rings is 2. The Balaban J connectivity index is 1.81. The van der Waals surface area contributed by atoms with Crippen molar-refractivity contribution in [2.45, 2.75) is 24.8 Å². The summed E-state index contributed by atoms with van der Waals surface area (Å²) in [6, 6.07) is 10.5. The molecular weight excluding hydrogens is 494 g/mol. The Labute approximate surface area is 206 Å². The van der Waals surface area contributed by atoms with Crippen molar-refractivity contribution >= 4 is 44.4 Å². The van der Waals surface area contributed by atoms with Crippen LogP contribution in [0.5, 0.6) is 17.2 Å². The molecule has 184 valence electrons. The number of anilines is 1. The van der Waals surface area contributed by atoms with Gasteiger partial charge in [-0.1, -0.05) is 0 Å². The predicted octanol–water partition coefficient (Wildman–Crippen LogP) is 3.31. The largest absolute Gasteiger partial charge is 0.491 e. The van der Waals surface area contributed by atoms with Gasteiger partial charge in [0.2, 0.25) is 0 Å². The number of carbonyl (C=O) groups excluding carboxylic acids is 3. The maximum absolute atomic E-state index is 12.9. The van der Waals surface area contributed by atoms with Gasteiger partial charge in [0.1, 0.15) is 29.2 Å². The number of nitrogens with zero attached hydrogens (tertiary/aromatic N) is 1. The topological polar surface area (TPSA) is 141 Å². The van der Waals surface area contributed by atoms with Gasteiger partial charge in [0.05, 0.1) is 17.5 Å². The van der Waals surface area contributed by atoms with Gasteiger partial charge in [0.25, 0.3) is 11.8 Å². The summed E-state index contributed by atoms with van der Waals surface area (Å²) in [4.78, 5) is 39.4. The number of hydrogen-bond donors (Lipinski definition) is 2. The van der Waals surface area contributed by atoms with E-state index in [0.717, 1.165) is 17.6 Å². The van der Waals surface area contributed by atoms with E-state index in [2.05, 4.69) is 15.6 Å². The minimum absolute atomic E-state index is 0.0746. The zero-order chi connectivity index (χ0) is 25.6. The van der Waals surface area contributed by atoms with E-state index < -0.39 is 21.7 Å². The van der Waals surface area contributed by atoms with Gasteiger partial charge in [-0.05, 0) is 50.2 Å². The average molecular weight is 518 g/mol. The minimum atomic E-state index is -3.34. The molecule has 0 aliphatic heterocycles. The van der Waals surface area contributed by atoms with E-state index in [0.29, 0.717) is 23.5 Å². The quantitative estimate of drug-likeness (QED) is 0.390. The highest BCUT2D eigenvalue weighted by Crippen LogP contribution is 2.29. The van der Waals surface area contributed by atoms with Crippen LogP contribution in [0, 0.1) is 0 Å². The van der Waals surface area contributed by atoms with Crippen LogP contribution < -0.4 is 20.1 Å². The number of rotatable bonds is 10. The lowest BCUT2D eigenvalue weighted by atomic mass is 10.2. The van der Waals surface area contributed by atoms with Crippen molar-refractivity contribution in [3.63, 3.8) is 0 Å². The Bertz CT molecular complexity index is 1330. The molecule has 10 nitrogen and oxygen atoms in total. The maximum Gasteiger partial charge on any atom is 0.271 e. The number of nitrogens with one attached hydrogen (secondary N) is 2. The molecule has 0 radical (unpaired) electrons. The van der Waals surface area contributed by atoms with Gasteiger partial charge in [-0.15, -0.1) is 11.3 Å². The van der Waals surface area contributed by atoms with Crippen molar-refractivity contribution in [2.24, 2.45) is 0 Å². The van der Waals surface area contributed by atoms with Crippen LogP contribution in [0.3, 0.4) is 0 Å². The Morgan fingerprint density at radius 2 is 1.74 bits per heavy atom. The predicted molar refractivity (Wildman–Crippen MR) is 130 cm³/mol. The molecule has 0 unspecified atom stereocenters. The third-order valence-electron chi connectivity index (χ3n) is 4.30. The number of sulfone groups is 1. The van der Waals surface area contributed by atoms with Crippen molar-refractivity contribution < 1.29 is 32.3 Å². The first-order valence-corrected chi connectivity index (χ1v) is 13.1. The molecule has 1 heterocycles. The third-order valence-corrected chi connectivity index (χ3v) is 6.19. The summed E-state index contributed by atoms with van der Waals surface area (Å²) < 4.78 is 34.9. The summed E-state index contributed by atoms with van der Waals surface area (Å²) in [7, 11) is -3.34. The second kappa shape index (κ2) is 11.1. The highest BCUT2D eigenvalue weighted by atomic mass is 32.2.